The second-order valence-corrected chi connectivity index (χ2v) is 5.06. The van der Waals surface area contributed by atoms with Crippen LogP contribution in [-0.4, -0.2) is 22.6 Å². The quantitative estimate of drug-likeness (QED) is 0.753. The van der Waals surface area contributed by atoms with E-state index in [1.54, 1.807) is 0 Å². The number of nitrogens with zero attached hydrogens (tertiary/aromatic N) is 2. The Bertz CT molecular complexity index is 350. The summed E-state index contributed by atoms with van der Waals surface area (Å²) in [6.07, 6.45) is 6.02. The molecule has 3 nitrogen and oxygen atoms in total. The molecule has 0 radical (unpaired) electrons. The number of hydrogen-bond donors (Lipinski definition) is 1. The molecule has 2 aliphatic rings. The van der Waals surface area contributed by atoms with Crippen LogP contribution in [0.2, 0.25) is 0 Å². The lowest BCUT2D eigenvalue weighted by atomic mass is 10.0. The summed E-state index contributed by atoms with van der Waals surface area (Å²) in [6.45, 7) is 5.77. The molecule has 0 saturated carbocycles. The molecule has 1 saturated heterocycles. The zero-order chi connectivity index (χ0) is 10.3. The van der Waals surface area contributed by atoms with Gasteiger partial charge in [-0.15, -0.1) is 0 Å². The zero-order valence-electron chi connectivity index (χ0n) is 9.37. The summed E-state index contributed by atoms with van der Waals surface area (Å²) in [5.41, 5.74) is 1.32. The maximum Gasteiger partial charge on any atom is 0.109 e. The number of fused-ring (bicyclic) bond motifs is 1. The van der Waals surface area contributed by atoms with Gasteiger partial charge in [0, 0.05) is 31.6 Å². The lowest BCUT2D eigenvalue weighted by Gasteiger charge is -2.18. The summed E-state index contributed by atoms with van der Waals surface area (Å²) in [6, 6.07) is 0. The van der Waals surface area contributed by atoms with Crippen LogP contribution in [-0.2, 0) is 13.0 Å². The van der Waals surface area contributed by atoms with Crippen LogP contribution in [0, 0.1) is 5.92 Å². The predicted octanol–water partition coefficient (Wildman–Crippen LogP) is 1.54. The highest BCUT2D eigenvalue weighted by Crippen LogP contribution is 2.25. The molecule has 0 bridgehead atoms. The molecule has 0 spiro atoms. The smallest absolute Gasteiger partial charge is 0.109 e. The fourth-order valence-corrected chi connectivity index (χ4v) is 2.71. The summed E-state index contributed by atoms with van der Waals surface area (Å²) in [7, 11) is 0. The number of hydrogen-bond acceptors (Lipinski definition) is 2. The van der Waals surface area contributed by atoms with Crippen LogP contribution in [0.3, 0.4) is 0 Å². The van der Waals surface area contributed by atoms with E-state index in [1.807, 2.05) is 0 Å². The number of rotatable bonds is 1. The van der Waals surface area contributed by atoms with Gasteiger partial charge in [0.25, 0.3) is 0 Å². The van der Waals surface area contributed by atoms with Crippen molar-refractivity contribution in [2.45, 2.75) is 38.6 Å². The molecule has 3 heteroatoms. The molecule has 82 valence electrons. The summed E-state index contributed by atoms with van der Waals surface area (Å²) >= 11 is 0. The number of aromatic nitrogens is 2. The van der Waals surface area contributed by atoms with E-state index >= 15 is 0 Å². The van der Waals surface area contributed by atoms with Crippen molar-refractivity contribution in [3.63, 3.8) is 0 Å². The van der Waals surface area contributed by atoms with Crippen molar-refractivity contribution in [2.24, 2.45) is 5.92 Å². The average Bonchev–Trinajstić information content (AvgIpc) is 2.84. The third-order valence-electron chi connectivity index (χ3n) is 3.75. The topological polar surface area (TPSA) is 29.9 Å². The van der Waals surface area contributed by atoms with E-state index in [0.29, 0.717) is 5.92 Å². The van der Waals surface area contributed by atoms with Crippen molar-refractivity contribution in [3.8, 4) is 0 Å². The SMILES string of the molecule is CC1CCn2cc(C3CCNC3)nc2C1. The zero-order valence-corrected chi connectivity index (χ0v) is 9.37. The Hall–Kier alpha value is -0.830. The van der Waals surface area contributed by atoms with Crippen LogP contribution in [0.4, 0.5) is 0 Å². The first-order valence-electron chi connectivity index (χ1n) is 6.09. The van der Waals surface area contributed by atoms with E-state index in [4.69, 9.17) is 4.98 Å². The molecule has 1 N–H and O–H groups in total. The van der Waals surface area contributed by atoms with E-state index in [0.717, 1.165) is 19.0 Å². The third kappa shape index (κ3) is 1.69. The van der Waals surface area contributed by atoms with Crippen molar-refractivity contribution in [3.05, 3.63) is 17.7 Å². The molecule has 15 heavy (non-hydrogen) atoms. The lowest BCUT2D eigenvalue weighted by molar-refractivity contribution is 0.409. The van der Waals surface area contributed by atoms with Crippen molar-refractivity contribution in [2.75, 3.05) is 13.1 Å². The molecule has 2 atom stereocenters. The average molecular weight is 205 g/mol. The molecule has 0 amide bonds. The second-order valence-electron chi connectivity index (χ2n) is 5.06. The monoisotopic (exact) mass is 205 g/mol. The predicted molar refractivity (Wildman–Crippen MR) is 59.9 cm³/mol. The first kappa shape index (κ1) is 9.40. The van der Waals surface area contributed by atoms with Crippen molar-refractivity contribution in [1.29, 1.82) is 0 Å². The molecule has 1 aromatic heterocycles. The largest absolute Gasteiger partial charge is 0.335 e. The van der Waals surface area contributed by atoms with Gasteiger partial charge in [-0.3, -0.25) is 0 Å². The Morgan fingerprint density at radius 1 is 1.47 bits per heavy atom. The Balaban J connectivity index is 1.85. The first-order valence-corrected chi connectivity index (χ1v) is 6.09. The molecule has 3 heterocycles. The fourth-order valence-electron chi connectivity index (χ4n) is 2.71. The van der Waals surface area contributed by atoms with Gasteiger partial charge in [-0.1, -0.05) is 6.92 Å². The molecule has 1 fully saturated rings. The van der Waals surface area contributed by atoms with Gasteiger partial charge in [0.15, 0.2) is 0 Å². The number of imidazole rings is 1. The van der Waals surface area contributed by atoms with Crippen LogP contribution in [0.5, 0.6) is 0 Å². The maximum absolute atomic E-state index is 4.81. The molecular weight excluding hydrogens is 186 g/mol. The van der Waals surface area contributed by atoms with E-state index in [9.17, 15) is 0 Å². The molecule has 2 aliphatic heterocycles. The Labute approximate surface area is 90.9 Å². The van der Waals surface area contributed by atoms with Gasteiger partial charge in [-0.25, -0.2) is 4.98 Å². The van der Waals surface area contributed by atoms with Crippen LogP contribution in [0.15, 0.2) is 6.20 Å². The minimum atomic E-state index is 0.665. The van der Waals surface area contributed by atoms with Crippen LogP contribution >= 0.6 is 0 Å². The molecule has 0 aromatic carbocycles. The minimum Gasteiger partial charge on any atom is -0.335 e. The molecule has 1 aromatic rings. The Kier molecular flexibility index (Phi) is 2.28. The summed E-state index contributed by atoms with van der Waals surface area (Å²) in [5, 5.41) is 3.41. The minimum absolute atomic E-state index is 0.665. The highest BCUT2D eigenvalue weighted by molar-refractivity contribution is 5.13. The van der Waals surface area contributed by atoms with Crippen LogP contribution < -0.4 is 5.32 Å². The summed E-state index contributed by atoms with van der Waals surface area (Å²) in [4.78, 5) is 4.81. The van der Waals surface area contributed by atoms with E-state index in [-0.39, 0.29) is 0 Å². The molecular formula is C12H19N3. The number of nitrogens with one attached hydrogen (secondary N) is 1. The maximum atomic E-state index is 4.81. The Morgan fingerprint density at radius 3 is 3.20 bits per heavy atom. The van der Waals surface area contributed by atoms with Crippen LogP contribution in [0.25, 0.3) is 0 Å². The van der Waals surface area contributed by atoms with Gasteiger partial charge in [0.05, 0.1) is 5.69 Å². The van der Waals surface area contributed by atoms with Gasteiger partial charge in [0.1, 0.15) is 5.82 Å². The van der Waals surface area contributed by atoms with Crippen LogP contribution in [0.1, 0.15) is 37.2 Å². The number of aryl methyl sites for hydroxylation is 1. The first-order chi connectivity index (χ1) is 7.33. The third-order valence-corrected chi connectivity index (χ3v) is 3.75. The van der Waals surface area contributed by atoms with Gasteiger partial charge in [-0.2, -0.15) is 0 Å². The summed E-state index contributed by atoms with van der Waals surface area (Å²) in [5.74, 6) is 2.79. The molecule has 0 aliphatic carbocycles. The standard InChI is InChI=1S/C12H19N3/c1-9-3-5-15-8-11(14-12(15)6-9)10-2-4-13-7-10/h8-10,13H,2-7H2,1H3. The van der Waals surface area contributed by atoms with Crippen molar-refractivity contribution >= 4 is 0 Å². The van der Waals surface area contributed by atoms with E-state index in [2.05, 4.69) is 23.0 Å². The highest BCUT2D eigenvalue weighted by atomic mass is 15.1. The van der Waals surface area contributed by atoms with Crippen molar-refractivity contribution in [1.82, 2.24) is 14.9 Å². The molecule has 3 rings (SSSR count). The van der Waals surface area contributed by atoms with Gasteiger partial charge in [0.2, 0.25) is 0 Å². The van der Waals surface area contributed by atoms with Crippen molar-refractivity contribution < 1.29 is 0 Å². The summed E-state index contributed by atoms with van der Waals surface area (Å²) < 4.78 is 2.37. The highest BCUT2D eigenvalue weighted by Gasteiger charge is 2.23. The fraction of sp³-hybridized carbons (Fsp3) is 0.750. The van der Waals surface area contributed by atoms with E-state index < -0.39 is 0 Å². The van der Waals surface area contributed by atoms with E-state index in [1.165, 1.54) is 37.3 Å². The van der Waals surface area contributed by atoms with Gasteiger partial charge < -0.3 is 9.88 Å². The lowest BCUT2D eigenvalue weighted by Crippen LogP contribution is -2.16. The second kappa shape index (κ2) is 3.63. The van der Waals surface area contributed by atoms with Gasteiger partial charge in [-0.05, 0) is 25.3 Å². The van der Waals surface area contributed by atoms with Gasteiger partial charge >= 0.3 is 0 Å². The molecule has 2 unspecified atom stereocenters. The Morgan fingerprint density at radius 2 is 2.40 bits per heavy atom. The normalized spacial score (nSPS) is 30.5.